The maximum atomic E-state index is 11.4. The van der Waals surface area contributed by atoms with E-state index in [-0.39, 0.29) is 5.57 Å². The molecule has 1 heterocycles. The van der Waals surface area contributed by atoms with Gasteiger partial charge in [0.2, 0.25) is 0 Å². The second kappa shape index (κ2) is 8.92. The molecule has 0 aliphatic carbocycles. The molecule has 0 aliphatic rings. The zero-order valence-corrected chi connectivity index (χ0v) is 16.6. The minimum absolute atomic E-state index is 0.112. The van der Waals surface area contributed by atoms with Gasteiger partial charge in [0.1, 0.15) is 23.2 Å². The van der Waals surface area contributed by atoms with Crippen LogP contribution in [-0.4, -0.2) is 23.9 Å². The smallest absolute Gasteiger partial charge is 0.259 e. The van der Waals surface area contributed by atoms with E-state index in [9.17, 15) is 4.79 Å². The molecular formula is C23H25N3O2. The average Bonchev–Trinajstić information content (AvgIpc) is 3.14. The molecular weight excluding hydrogens is 350 g/mol. The van der Waals surface area contributed by atoms with Crippen LogP contribution < -0.4 is 16.2 Å². The molecule has 0 saturated heterocycles. The maximum absolute atomic E-state index is 11.4. The van der Waals surface area contributed by atoms with Crippen LogP contribution in [0.2, 0.25) is 0 Å². The van der Waals surface area contributed by atoms with Crippen molar-refractivity contribution >= 4 is 24.1 Å². The molecule has 2 aromatic rings. The van der Waals surface area contributed by atoms with Gasteiger partial charge in [-0.25, -0.2) is 0 Å². The minimum Gasteiger partial charge on any atom is -0.456 e. The van der Waals surface area contributed by atoms with Crippen LogP contribution in [0.1, 0.15) is 26.5 Å². The van der Waals surface area contributed by atoms with Gasteiger partial charge in [0.05, 0.1) is 0 Å². The number of nitrogens with zero attached hydrogens (tertiary/aromatic N) is 2. The molecule has 2 N–H and O–H groups in total. The predicted octanol–water partition coefficient (Wildman–Crippen LogP) is 2.78. The number of nitriles is 1. The molecule has 1 amide bonds. The van der Waals surface area contributed by atoms with Crippen molar-refractivity contribution in [2.24, 2.45) is 5.73 Å². The van der Waals surface area contributed by atoms with Gasteiger partial charge in [-0.2, -0.15) is 5.26 Å². The number of primary amides is 1. The first-order valence-electron chi connectivity index (χ1n) is 9.08. The highest BCUT2D eigenvalue weighted by Gasteiger charge is 2.14. The second-order valence-electron chi connectivity index (χ2n) is 6.36. The van der Waals surface area contributed by atoms with Crippen molar-refractivity contribution in [3.8, 4) is 17.4 Å². The van der Waals surface area contributed by atoms with Crippen molar-refractivity contribution < 1.29 is 9.21 Å². The van der Waals surface area contributed by atoms with Crippen molar-refractivity contribution in [1.29, 1.82) is 5.26 Å². The van der Waals surface area contributed by atoms with Gasteiger partial charge in [0, 0.05) is 29.9 Å². The van der Waals surface area contributed by atoms with Crippen LogP contribution in [0.5, 0.6) is 0 Å². The van der Waals surface area contributed by atoms with E-state index in [0.29, 0.717) is 17.1 Å². The lowest BCUT2D eigenvalue weighted by Crippen LogP contribution is -2.26. The minimum atomic E-state index is -0.772. The number of amides is 1. The summed E-state index contributed by atoms with van der Waals surface area (Å²) in [6, 6.07) is 11.2. The SMILES string of the molecule is C=C(/C=c1/ccc(-c2ccc(/C(C)=C(\C#N)C(N)=O)o2)cc1=C)N(CC)CC. The third-order valence-electron chi connectivity index (χ3n) is 4.63. The molecule has 0 radical (unpaired) electrons. The Morgan fingerprint density at radius 3 is 2.50 bits per heavy atom. The molecule has 0 atom stereocenters. The largest absolute Gasteiger partial charge is 0.456 e. The molecule has 144 valence electrons. The Balaban J connectivity index is 2.40. The first-order chi connectivity index (χ1) is 13.3. The predicted molar refractivity (Wildman–Crippen MR) is 113 cm³/mol. The van der Waals surface area contributed by atoms with Gasteiger partial charge in [-0.05, 0) is 55.5 Å². The first-order valence-corrected chi connectivity index (χ1v) is 9.08. The normalized spacial score (nSPS) is 12.3. The van der Waals surface area contributed by atoms with E-state index in [1.54, 1.807) is 19.1 Å². The van der Waals surface area contributed by atoms with E-state index < -0.39 is 5.91 Å². The average molecular weight is 375 g/mol. The van der Waals surface area contributed by atoms with Crippen LogP contribution in [-0.2, 0) is 4.79 Å². The Morgan fingerprint density at radius 2 is 1.96 bits per heavy atom. The molecule has 1 aromatic heterocycles. The van der Waals surface area contributed by atoms with E-state index in [4.69, 9.17) is 15.4 Å². The number of hydrogen-bond donors (Lipinski definition) is 1. The van der Waals surface area contributed by atoms with Crippen LogP contribution in [0.25, 0.3) is 29.6 Å². The summed E-state index contributed by atoms with van der Waals surface area (Å²) in [5.74, 6) is 0.281. The monoisotopic (exact) mass is 375 g/mol. The topological polar surface area (TPSA) is 83.3 Å². The highest BCUT2D eigenvalue weighted by atomic mass is 16.3. The Labute approximate surface area is 165 Å². The fourth-order valence-electron chi connectivity index (χ4n) is 2.94. The van der Waals surface area contributed by atoms with Crippen molar-refractivity contribution in [2.75, 3.05) is 13.1 Å². The van der Waals surface area contributed by atoms with Gasteiger partial charge in [-0.3, -0.25) is 4.79 Å². The molecule has 0 unspecified atom stereocenters. The van der Waals surface area contributed by atoms with Crippen LogP contribution >= 0.6 is 0 Å². The van der Waals surface area contributed by atoms with Gasteiger partial charge in [-0.1, -0.05) is 25.3 Å². The molecule has 0 aliphatic heterocycles. The zero-order chi connectivity index (χ0) is 20.8. The standard InChI is InChI=1S/C23H25N3O2/c1-6-26(7-2)16(4)13-18-8-9-19(12-15(18)3)22-11-10-21(28-22)17(5)20(14-24)23(25)27/h8-13H,3-4,6-7H2,1-2,5H3,(H2,25,27)/b18-13-,20-17+. The number of rotatable bonds is 7. The molecule has 2 rings (SSSR count). The number of carbonyl (C=O) groups excluding carboxylic acids is 1. The fraction of sp³-hybridized carbons (Fsp3) is 0.217. The Morgan fingerprint density at radius 1 is 1.29 bits per heavy atom. The van der Waals surface area contributed by atoms with Gasteiger partial charge < -0.3 is 15.1 Å². The number of hydrogen-bond acceptors (Lipinski definition) is 4. The van der Waals surface area contributed by atoms with Crippen molar-refractivity contribution in [3.63, 3.8) is 0 Å². The van der Waals surface area contributed by atoms with Crippen LogP contribution in [0.15, 0.2) is 52.6 Å². The molecule has 5 heteroatoms. The van der Waals surface area contributed by atoms with Crippen molar-refractivity contribution in [1.82, 2.24) is 4.90 Å². The summed E-state index contributed by atoms with van der Waals surface area (Å²) < 4.78 is 5.83. The van der Waals surface area contributed by atoms with Gasteiger partial charge >= 0.3 is 0 Å². The van der Waals surface area contributed by atoms with Crippen LogP contribution in [0.4, 0.5) is 0 Å². The fourth-order valence-corrected chi connectivity index (χ4v) is 2.94. The number of allylic oxidation sites excluding steroid dienone is 2. The lowest BCUT2D eigenvalue weighted by Gasteiger charge is -2.20. The van der Waals surface area contributed by atoms with E-state index in [1.165, 1.54) is 0 Å². The van der Waals surface area contributed by atoms with Crippen molar-refractivity contribution in [3.05, 3.63) is 64.4 Å². The number of nitrogens with two attached hydrogens (primary N) is 1. The Bertz CT molecular complexity index is 1080. The Hall–Kier alpha value is -3.52. The summed E-state index contributed by atoms with van der Waals surface area (Å²) in [7, 11) is 0. The highest BCUT2D eigenvalue weighted by molar-refractivity contribution is 6.03. The molecule has 28 heavy (non-hydrogen) atoms. The number of benzene rings is 1. The summed E-state index contributed by atoms with van der Waals surface area (Å²) in [6.45, 7) is 15.9. The molecule has 0 bridgehead atoms. The molecule has 1 aromatic carbocycles. The maximum Gasteiger partial charge on any atom is 0.259 e. The van der Waals surface area contributed by atoms with Gasteiger partial charge in [0.25, 0.3) is 5.91 Å². The quantitative estimate of drug-likeness (QED) is 0.596. The lowest BCUT2D eigenvalue weighted by atomic mass is 10.1. The summed E-state index contributed by atoms with van der Waals surface area (Å²) in [6.07, 6.45) is 2.02. The molecule has 0 spiro atoms. The molecule has 5 nitrogen and oxygen atoms in total. The van der Waals surface area contributed by atoms with Gasteiger partial charge in [-0.15, -0.1) is 0 Å². The number of carbonyl (C=O) groups is 1. The van der Waals surface area contributed by atoms with Crippen molar-refractivity contribution in [2.45, 2.75) is 20.8 Å². The molecule has 0 fully saturated rings. The summed E-state index contributed by atoms with van der Waals surface area (Å²) in [5, 5.41) is 10.9. The lowest BCUT2D eigenvalue weighted by molar-refractivity contribution is -0.114. The van der Waals surface area contributed by atoms with Crippen LogP contribution in [0, 0.1) is 11.3 Å². The molecule has 0 saturated carbocycles. The second-order valence-corrected chi connectivity index (χ2v) is 6.36. The third-order valence-corrected chi connectivity index (χ3v) is 4.63. The zero-order valence-electron chi connectivity index (χ0n) is 16.6. The Kier molecular flexibility index (Phi) is 6.62. The highest BCUT2D eigenvalue weighted by Crippen LogP contribution is 2.26. The summed E-state index contributed by atoms with van der Waals surface area (Å²) in [4.78, 5) is 13.5. The van der Waals surface area contributed by atoms with E-state index in [1.807, 2.05) is 30.3 Å². The number of furan rings is 1. The summed E-state index contributed by atoms with van der Waals surface area (Å²) in [5.41, 5.74) is 7.34. The van der Waals surface area contributed by atoms with Gasteiger partial charge in [0.15, 0.2) is 0 Å². The first kappa shape index (κ1) is 20.8. The summed E-state index contributed by atoms with van der Waals surface area (Å²) >= 11 is 0. The van der Waals surface area contributed by atoms with E-state index >= 15 is 0 Å². The van der Waals surface area contributed by atoms with E-state index in [2.05, 4.69) is 31.9 Å². The van der Waals surface area contributed by atoms with Crippen LogP contribution in [0.3, 0.4) is 0 Å². The third kappa shape index (κ3) is 4.41. The van der Waals surface area contributed by atoms with E-state index in [0.717, 1.165) is 34.8 Å².